The lowest BCUT2D eigenvalue weighted by Crippen LogP contribution is -2.40. The highest BCUT2D eigenvalue weighted by Crippen LogP contribution is 2.38. The minimum atomic E-state index is -0.562. The van der Waals surface area contributed by atoms with Crippen LogP contribution in [0.25, 0.3) is 0 Å². The molecule has 6 nitrogen and oxygen atoms in total. The first-order valence-electron chi connectivity index (χ1n) is 12.3. The summed E-state index contributed by atoms with van der Waals surface area (Å²) >= 11 is 0. The van der Waals surface area contributed by atoms with Crippen LogP contribution in [0.4, 0.5) is 0 Å². The number of rotatable bonds is 3. The molecule has 0 radical (unpaired) electrons. The molecule has 6 heteroatoms. The standard InChI is InChI=1S/C13H22O2.C11H20O.C4H6O3/c1-9-6-7-12(10(2)8-9)13(4,5)15-11(3)14;1-8-5-6-10(9(2)7-8)11(3,4)12;1-3(5)7-4(2)6/h8,10,12H,6-7H2,1-5H3;7,9-10,12H,5-6H2,1-4H3;1-2H3. The van der Waals surface area contributed by atoms with Gasteiger partial charge >= 0.3 is 17.9 Å². The molecule has 0 saturated heterocycles. The zero-order valence-corrected chi connectivity index (χ0v) is 23.3. The second-order valence-corrected chi connectivity index (χ2v) is 11.0. The van der Waals surface area contributed by atoms with E-state index in [0.29, 0.717) is 23.7 Å². The highest BCUT2D eigenvalue weighted by molar-refractivity contribution is 5.82. The zero-order chi connectivity index (χ0) is 26.9. The van der Waals surface area contributed by atoms with Gasteiger partial charge in [0.25, 0.3) is 0 Å². The number of aliphatic hydroxyl groups is 1. The van der Waals surface area contributed by atoms with Crippen LogP contribution in [0.2, 0.25) is 0 Å². The van der Waals surface area contributed by atoms with E-state index in [0.717, 1.165) is 25.7 Å². The third kappa shape index (κ3) is 12.5. The fourth-order valence-corrected chi connectivity index (χ4v) is 5.21. The van der Waals surface area contributed by atoms with Gasteiger partial charge in [-0.05, 0) is 85.0 Å². The molecule has 0 fully saturated rings. The van der Waals surface area contributed by atoms with Crippen molar-refractivity contribution in [3.05, 3.63) is 23.3 Å². The fourth-order valence-electron chi connectivity index (χ4n) is 5.21. The summed E-state index contributed by atoms with van der Waals surface area (Å²) in [4.78, 5) is 30.7. The summed E-state index contributed by atoms with van der Waals surface area (Å²) in [5.41, 5.74) is 2.07. The quantitative estimate of drug-likeness (QED) is 0.295. The van der Waals surface area contributed by atoms with Crippen LogP contribution in [-0.2, 0) is 23.9 Å². The predicted octanol–water partition coefficient (Wildman–Crippen LogP) is 6.17. The van der Waals surface area contributed by atoms with Gasteiger partial charge in [0.2, 0.25) is 0 Å². The Morgan fingerprint density at radius 3 is 1.44 bits per heavy atom. The normalized spacial score (nSPS) is 24.7. The Hall–Kier alpha value is -1.95. The molecule has 0 bridgehead atoms. The first-order valence-corrected chi connectivity index (χ1v) is 12.3. The summed E-state index contributed by atoms with van der Waals surface area (Å²) in [5, 5.41) is 9.87. The average molecular weight is 481 g/mol. The van der Waals surface area contributed by atoms with Gasteiger partial charge in [-0.3, -0.25) is 14.4 Å². The number of ether oxygens (including phenoxy) is 2. The van der Waals surface area contributed by atoms with Crippen LogP contribution in [0, 0.1) is 23.7 Å². The van der Waals surface area contributed by atoms with E-state index in [4.69, 9.17) is 4.74 Å². The second kappa shape index (κ2) is 13.8. The van der Waals surface area contributed by atoms with E-state index in [1.165, 1.54) is 31.9 Å². The van der Waals surface area contributed by atoms with Crippen molar-refractivity contribution in [2.24, 2.45) is 23.7 Å². The number of hydrogen-bond donors (Lipinski definition) is 1. The maximum atomic E-state index is 11.0. The Kier molecular flexibility index (Phi) is 13.0. The molecule has 0 aromatic carbocycles. The van der Waals surface area contributed by atoms with E-state index in [9.17, 15) is 19.5 Å². The Morgan fingerprint density at radius 2 is 1.18 bits per heavy atom. The van der Waals surface area contributed by atoms with E-state index in [-0.39, 0.29) is 11.6 Å². The highest BCUT2D eigenvalue weighted by Gasteiger charge is 2.37. The lowest BCUT2D eigenvalue weighted by atomic mass is 9.73. The van der Waals surface area contributed by atoms with Crippen molar-refractivity contribution in [2.45, 2.75) is 113 Å². The van der Waals surface area contributed by atoms with Crippen molar-refractivity contribution in [2.75, 3.05) is 0 Å². The average Bonchev–Trinajstić information content (AvgIpc) is 2.58. The van der Waals surface area contributed by atoms with Crippen molar-refractivity contribution in [3.8, 4) is 0 Å². The number of allylic oxidation sites excluding steroid dienone is 4. The van der Waals surface area contributed by atoms with Gasteiger partial charge in [0.1, 0.15) is 5.60 Å². The van der Waals surface area contributed by atoms with Crippen LogP contribution in [-0.4, -0.2) is 34.2 Å². The lowest BCUT2D eigenvalue weighted by molar-refractivity contribution is -0.161. The Balaban J connectivity index is 0.000000514. The molecule has 0 aromatic rings. The van der Waals surface area contributed by atoms with Crippen LogP contribution < -0.4 is 0 Å². The van der Waals surface area contributed by atoms with Gasteiger partial charge in [0.15, 0.2) is 0 Å². The van der Waals surface area contributed by atoms with Crippen LogP contribution in [0.5, 0.6) is 0 Å². The molecule has 196 valence electrons. The van der Waals surface area contributed by atoms with Crippen molar-refractivity contribution >= 4 is 17.9 Å². The van der Waals surface area contributed by atoms with Crippen LogP contribution in [0.15, 0.2) is 23.3 Å². The molecule has 2 aliphatic rings. The maximum absolute atomic E-state index is 11.0. The van der Waals surface area contributed by atoms with Crippen molar-refractivity contribution in [3.63, 3.8) is 0 Å². The molecule has 2 aliphatic carbocycles. The fraction of sp³-hybridized carbons (Fsp3) is 0.750. The van der Waals surface area contributed by atoms with Crippen molar-refractivity contribution in [1.29, 1.82) is 0 Å². The molecule has 0 saturated carbocycles. The molecule has 34 heavy (non-hydrogen) atoms. The topological polar surface area (TPSA) is 89.9 Å². The molecule has 0 aromatic heterocycles. The Morgan fingerprint density at radius 1 is 0.794 bits per heavy atom. The van der Waals surface area contributed by atoms with Gasteiger partial charge < -0.3 is 14.6 Å². The molecule has 1 N–H and O–H groups in total. The first kappa shape index (κ1) is 32.0. The summed E-state index contributed by atoms with van der Waals surface area (Å²) in [6.45, 7) is 20.5. The Bertz CT molecular complexity index is 741. The number of esters is 3. The van der Waals surface area contributed by atoms with Crippen LogP contribution in [0.3, 0.4) is 0 Å². The zero-order valence-electron chi connectivity index (χ0n) is 23.3. The monoisotopic (exact) mass is 480 g/mol. The number of carbonyl (C=O) groups is 3. The number of hydrogen-bond acceptors (Lipinski definition) is 6. The van der Waals surface area contributed by atoms with Crippen molar-refractivity contribution in [1.82, 2.24) is 0 Å². The maximum Gasteiger partial charge on any atom is 0.310 e. The van der Waals surface area contributed by atoms with E-state index in [1.807, 2.05) is 27.7 Å². The molecule has 4 atom stereocenters. The molecular weight excluding hydrogens is 432 g/mol. The summed E-state index contributed by atoms with van der Waals surface area (Å²) < 4.78 is 9.39. The minimum absolute atomic E-state index is 0.182. The van der Waals surface area contributed by atoms with E-state index in [1.54, 1.807) is 0 Å². The highest BCUT2D eigenvalue weighted by atomic mass is 16.6. The molecule has 2 rings (SSSR count). The largest absolute Gasteiger partial charge is 0.460 e. The van der Waals surface area contributed by atoms with Gasteiger partial charge in [-0.2, -0.15) is 0 Å². The predicted molar refractivity (Wildman–Crippen MR) is 136 cm³/mol. The van der Waals surface area contributed by atoms with E-state index in [2.05, 4.69) is 44.6 Å². The summed E-state index contributed by atoms with van der Waals surface area (Å²) in [6, 6.07) is 0. The van der Waals surface area contributed by atoms with Gasteiger partial charge in [-0.1, -0.05) is 37.1 Å². The van der Waals surface area contributed by atoms with Gasteiger partial charge in [-0.25, -0.2) is 0 Å². The lowest BCUT2D eigenvalue weighted by Gasteiger charge is -2.39. The van der Waals surface area contributed by atoms with Gasteiger partial charge in [0, 0.05) is 26.7 Å². The van der Waals surface area contributed by atoms with E-state index >= 15 is 0 Å². The molecular formula is C28H48O6. The van der Waals surface area contributed by atoms with Gasteiger partial charge in [-0.15, -0.1) is 0 Å². The van der Waals surface area contributed by atoms with E-state index < -0.39 is 17.5 Å². The SMILES string of the molecule is CC(=O)OC(C)(C)C1CCC(C)=CC1C.CC(=O)OC(C)=O.CC1=CC(C)C(C(C)(C)O)CC1. The molecule has 4 unspecified atom stereocenters. The summed E-state index contributed by atoms with van der Waals surface area (Å²) in [5.74, 6) is 0.580. The molecule has 0 amide bonds. The molecule has 0 aliphatic heterocycles. The third-order valence-electron chi connectivity index (χ3n) is 6.56. The van der Waals surface area contributed by atoms with Crippen molar-refractivity contribution < 1.29 is 29.0 Å². The minimum Gasteiger partial charge on any atom is -0.460 e. The Labute approximate surface area is 207 Å². The third-order valence-corrected chi connectivity index (χ3v) is 6.56. The molecule has 0 spiro atoms. The van der Waals surface area contributed by atoms with Gasteiger partial charge in [0.05, 0.1) is 5.60 Å². The summed E-state index contributed by atoms with van der Waals surface area (Å²) in [6.07, 6.45) is 9.13. The molecule has 0 heterocycles. The summed E-state index contributed by atoms with van der Waals surface area (Å²) in [7, 11) is 0. The van der Waals surface area contributed by atoms with Crippen LogP contribution in [0.1, 0.15) is 102 Å². The van der Waals surface area contributed by atoms with Crippen LogP contribution >= 0.6 is 0 Å². The number of carbonyl (C=O) groups excluding carboxylic acids is 3. The second-order valence-electron chi connectivity index (χ2n) is 11.0. The first-order chi connectivity index (χ1) is 15.4. The smallest absolute Gasteiger partial charge is 0.310 e.